The Morgan fingerprint density at radius 2 is 1.94 bits per heavy atom. The number of benzene rings is 1. The maximum absolute atomic E-state index is 13.5. The molecule has 1 amide bonds. The third kappa shape index (κ3) is 4.23. The summed E-state index contributed by atoms with van der Waals surface area (Å²) in [4.78, 5) is 13.5. The van der Waals surface area contributed by atoms with E-state index in [1.165, 1.54) is 11.8 Å². The Balaban J connectivity index is 1.27. The largest absolute Gasteiger partial charge is 0.467 e. The summed E-state index contributed by atoms with van der Waals surface area (Å²) in [6.07, 6.45) is 9.87. The second kappa shape index (κ2) is 9.42. The number of carbonyl (C=O) groups excluding carboxylic acids is 1. The Kier molecular flexibility index (Phi) is 5.83. The Morgan fingerprint density at radius 1 is 1.09 bits per heavy atom. The number of nitrogens with zero attached hydrogens (tertiary/aromatic N) is 5. The van der Waals surface area contributed by atoms with Crippen LogP contribution in [-0.4, -0.2) is 37.1 Å². The van der Waals surface area contributed by atoms with Gasteiger partial charge < -0.3 is 8.83 Å². The number of thioether (sulfide) groups is 1. The van der Waals surface area contributed by atoms with E-state index in [-0.39, 0.29) is 23.6 Å². The summed E-state index contributed by atoms with van der Waals surface area (Å²) in [6, 6.07) is 17.1. The number of hydrogen-bond acceptors (Lipinski definition) is 7. The van der Waals surface area contributed by atoms with Gasteiger partial charge >= 0.3 is 0 Å². The van der Waals surface area contributed by atoms with Gasteiger partial charge in [-0.3, -0.25) is 9.36 Å². The summed E-state index contributed by atoms with van der Waals surface area (Å²) in [7, 11) is 0. The summed E-state index contributed by atoms with van der Waals surface area (Å²) < 4.78 is 13.2. The number of hydrazone groups is 1. The highest BCUT2D eigenvalue weighted by Gasteiger charge is 2.45. The molecule has 1 aliphatic carbocycles. The molecule has 2 atom stereocenters. The molecule has 0 spiro atoms. The topological polar surface area (TPSA) is 89.7 Å². The van der Waals surface area contributed by atoms with E-state index >= 15 is 0 Å². The molecular formula is C26H23N5O3S. The lowest BCUT2D eigenvalue weighted by molar-refractivity contribution is -0.131. The highest BCUT2D eigenvalue weighted by atomic mass is 32.2. The third-order valence-corrected chi connectivity index (χ3v) is 7.25. The first-order valence-corrected chi connectivity index (χ1v) is 12.5. The minimum atomic E-state index is -0.264. The summed E-state index contributed by atoms with van der Waals surface area (Å²) >= 11 is 1.35. The van der Waals surface area contributed by atoms with Crippen molar-refractivity contribution in [2.75, 3.05) is 5.75 Å². The van der Waals surface area contributed by atoms with Crippen molar-refractivity contribution in [1.82, 2.24) is 19.8 Å². The zero-order chi connectivity index (χ0) is 23.6. The number of amides is 1. The summed E-state index contributed by atoms with van der Waals surface area (Å²) in [5.41, 5.74) is 3.00. The molecule has 0 saturated heterocycles. The van der Waals surface area contributed by atoms with Gasteiger partial charge in [0.1, 0.15) is 23.9 Å². The van der Waals surface area contributed by atoms with Gasteiger partial charge in [0, 0.05) is 11.6 Å². The Bertz CT molecular complexity index is 1360. The Morgan fingerprint density at radius 3 is 2.74 bits per heavy atom. The normalized spacial score (nSPS) is 20.7. The molecule has 1 aliphatic heterocycles. The highest BCUT2D eigenvalue weighted by molar-refractivity contribution is 7.99. The lowest BCUT2D eigenvalue weighted by Crippen LogP contribution is -2.32. The van der Waals surface area contributed by atoms with Gasteiger partial charge in [0.15, 0.2) is 5.16 Å². The van der Waals surface area contributed by atoms with Crippen molar-refractivity contribution in [2.45, 2.75) is 30.5 Å². The number of fused-ring (bicyclic) bond motifs is 1. The summed E-state index contributed by atoms with van der Waals surface area (Å²) in [6.45, 7) is 0. The molecule has 0 radical (unpaired) electrons. The molecule has 1 aromatic carbocycles. The van der Waals surface area contributed by atoms with Crippen LogP contribution in [0.3, 0.4) is 0 Å². The molecule has 1 saturated carbocycles. The zero-order valence-electron chi connectivity index (χ0n) is 18.9. The first-order valence-electron chi connectivity index (χ1n) is 11.5. The molecule has 0 bridgehead atoms. The van der Waals surface area contributed by atoms with Crippen molar-refractivity contribution >= 4 is 29.5 Å². The van der Waals surface area contributed by atoms with Crippen LogP contribution in [0.25, 0.3) is 11.8 Å². The SMILES string of the molecule is O=C(CSc1nncn1-c1ccccc1)N1N=C2/C(=C\c3ccco3)CCCC2C1c1ccco1. The average molecular weight is 486 g/mol. The molecule has 9 heteroatoms. The van der Waals surface area contributed by atoms with Crippen LogP contribution in [0.4, 0.5) is 0 Å². The molecule has 8 nitrogen and oxygen atoms in total. The third-order valence-electron chi connectivity index (χ3n) is 6.33. The first kappa shape index (κ1) is 21.7. The molecule has 4 aromatic rings. The lowest BCUT2D eigenvalue weighted by Gasteiger charge is -2.27. The van der Waals surface area contributed by atoms with E-state index in [1.54, 1.807) is 23.9 Å². The van der Waals surface area contributed by atoms with Gasteiger partial charge in [-0.1, -0.05) is 30.0 Å². The molecule has 2 aliphatic rings. The van der Waals surface area contributed by atoms with E-state index in [1.807, 2.05) is 65.2 Å². The van der Waals surface area contributed by atoms with Crippen molar-refractivity contribution in [3.05, 3.63) is 90.5 Å². The lowest BCUT2D eigenvalue weighted by atomic mass is 9.79. The van der Waals surface area contributed by atoms with Crippen molar-refractivity contribution in [3.8, 4) is 5.69 Å². The molecule has 3 aromatic heterocycles. The molecule has 6 rings (SSSR count). The van der Waals surface area contributed by atoms with Crippen LogP contribution in [0, 0.1) is 5.92 Å². The van der Waals surface area contributed by atoms with Gasteiger partial charge in [-0.2, -0.15) is 5.10 Å². The molecule has 35 heavy (non-hydrogen) atoms. The first-order chi connectivity index (χ1) is 17.3. The Labute approximate surface area is 206 Å². The van der Waals surface area contributed by atoms with Crippen LogP contribution in [0.2, 0.25) is 0 Å². The fourth-order valence-electron chi connectivity index (χ4n) is 4.77. The van der Waals surface area contributed by atoms with Crippen molar-refractivity contribution in [1.29, 1.82) is 0 Å². The van der Waals surface area contributed by atoms with Gasteiger partial charge in [-0.15, -0.1) is 10.2 Å². The van der Waals surface area contributed by atoms with Crippen molar-refractivity contribution in [3.63, 3.8) is 0 Å². The minimum Gasteiger partial charge on any atom is -0.467 e. The monoisotopic (exact) mass is 485 g/mol. The molecule has 4 heterocycles. The number of hydrogen-bond donors (Lipinski definition) is 0. The molecule has 0 N–H and O–H groups in total. The van der Waals surface area contributed by atoms with E-state index in [9.17, 15) is 4.79 Å². The molecule has 1 fully saturated rings. The predicted molar refractivity (Wildman–Crippen MR) is 132 cm³/mol. The predicted octanol–water partition coefficient (Wildman–Crippen LogP) is 5.37. The van der Waals surface area contributed by atoms with Crippen LogP contribution < -0.4 is 0 Å². The number of para-hydroxylation sites is 1. The van der Waals surface area contributed by atoms with Crippen LogP contribution in [0.1, 0.15) is 36.8 Å². The van der Waals surface area contributed by atoms with E-state index in [4.69, 9.17) is 13.9 Å². The van der Waals surface area contributed by atoms with Crippen LogP contribution >= 0.6 is 11.8 Å². The number of aromatic nitrogens is 3. The van der Waals surface area contributed by atoms with E-state index in [0.29, 0.717) is 5.16 Å². The van der Waals surface area contributed by atoms with Crippen LogP contribution in [0.5, 0.6) is 0 Å². The van der Waals surface area contributed by atoms with E-state index in [2.05, 4.69) is 10.2 Å². The van der Waals surface area contributed by atoms with Gasteiger partial charge in [0.05, 0.1) is 24.0 Å². The Hall–Kier alpha value is -3.85. The summed E-state index contributed by atoms with van der Waals surface area (Å²) in [5.74, 6) is 1.71. The maximum atomic E-state index is 13.5. The van der Waals surface area contributed by atoms with Gasteiger partial charge in [0.25, 0.3) is 5.91 Å². The quantitative estimate of drug-likeness (QED) is 0.341. The zero-order valence-corrected chi connectivity index (χ0v) is 19.7. The van der Waals surface area contributed by atoms with Crippen LogP contribution in [-0.2, 0) is 4.79 Å². The van der Waals surface area contributed by atoms with Gasteiger partial charge in [0.2, 0.25) is 0 Å². The molecular weight excluding hydrogens is 462 g/mol. The fourth-order valence-corrected chi connectivity index (χ4v) is 5.55. The number of allylic oxidation sites excluding steroid dienone is 1. The highest BCUT2D eigenvalue weighted by Crippen LogP contribution is 2.44. The van der Waals surface area contributed by atoms with Gasteiger partial charge in [-0.05, 0) is 67.3 Å². The van der Waals surface area contributed by atoms with E-state index < -0.39 is 0 Å². The maximum Gasteiger partial charge on any atom is 0.253 e. The van der Waals surface area contributed by atoms with Crippen molar-refractivity contribution < 1.29 is 13.6 Å². The van der Waals surface area contributed by atoms with E-state index in [0.717, 1.165) is 47.8 Å². The second-order valence-electron chi connectivity index (χ2n) is 8.48. The fraction of sp³-hybridized carbons (Fsp3) is 0.231. The number of furan rings is 2. The second-order valence-corrected chi connectivity index (χ2v) is 9.42. The summed E-state index contributed by atoms with van der Waals surface area (Å²) in [5, 5.41) is 15.4. The van der Waals surface area contributed by atoms with Crippen LogP contribution in [0.15, 0.2) is 98.1 Å². The smallest absolute Gasteiger partial charge is 0.253 e. The number of rotatable bonds is 6. The standard InChI is InChI=1S/C26H23N5O3S/c32-23(16-35-26-28-27-17-30(26)19-8-2-1-3-9-19)31-25(22-12-6-14-34-22)21-11-4-7-18(24(21)29-31)15-20-10-5-13-33-20/h1-3,5-6,8-10,12-15,17,21,25H,4,7,11,16H2/b18-15-. The van der Waals surface area contributed by atoms with Gasteiger partial charge in [-0.25, -0.2) is 5.01 Å². The molecule has 2 unspecified atom stereocenters. The average Bonchev–Trinajstić information content (AvgIpc) is 3.69. The number of carbonyl (C=O) groups is 1. The molecule has 176 valence electrons. The van der Waals surface area contributed by atoms with Crippen molar-refractivity contribution in [2.24, 2.45) is 11.0 Å². The minimum absolute atomic E-state index is 0.0815.